The lowest BCUT2D eigenvalue weighted by Crippen LogP contribution is -2.33. The SMILES string of the molecule is CC=CC(=C(C)Cl)C(CC(=O)OC)OC(C)(C)O. The number of carbonyl (C=O) groups is 1. The second-order valence-corrected chi connectivity index (χ2v) is 4.89. The van der Waals surface area contributed by atoms with Crippen LogP contribution in [-0.4, -0.2) is 30.1 Å². The van der Waals surface area contributed by atoms with Gasteiger partial charge in [0, 0.05) is 5.03 Å². The number of esters is 1. The van der Waals surface area contributed by atoms with Crippen molar-refractivity contribution < 1.29 is 19.4 Å². The van der Waals surface area contributed by atoms with Crippen LogP contribution in [0.15, 0.2) is 22.8 Å². The fraction of sp³-hybridized carbons (Fsp3) is 0.615. The highest BCUT2D eigenvalue weighted by Crippen LogP contribution is 2.23. The summed E-state index contributed by atoms with van der Waals surface area (Å²) in [7, 11) is 1.30. The van der Waals surface area contributed by atoms with E-state index in [2.05, 4.69) is 4.74 Å². The third-order valence-electron chi connectivity index (χ3n) is 2.10. The number of methoxy groups -OCH3 is 1. The number of hydrogen-bond acceptors (Lipinski definition) is 4. The summed E-state index contributed by atoms with van der Waals surface area (Å²) < 4.78 is 10.1. The first-order valence-electron chi connectivity index (χ1n) is 5.67. The van der Waals surface area contributed by atoms with E-state index >= 15 is 0 Å². The molecule has 0 fully saturated rings. The van der Waals surface area contributed by atoms with Gasteiger partial charge in [-0.15, -0.1) is 0 Å². The molecular formula is C13H21ClO4. The average Bonchev–Trinajstić information content (AvgIpc) is 2.22. The molecule has 0 saturated carbocycles. The van der Waals surface area contributed by atoms with Crippen LogP contribution in [0.25, 0.3) is 0 Å². The number of allylic oxidation sites excluding steroid dienone is 2. The fourth-order valence-electron chi connectivity index (χ4n) is 1.42. The Morgan fingerprint density at radius 2 is 2.06 bits per heavy atom. The molecule has 1 atom stereocenters. The molecule has 1 N–H and O–H groups in total. The van der Waals surface area contributed by atoms with Crippen molar-refractivity contribution in [1.82, 2.24) is 0 Å². The molecule has 104 valence electrons. The quantitative estimate of drug-likeness (QED) is 0.460. The summed E-state index contributed by atoms with van der Waals surface area (Å²) in [6.07, 6.45) is 2.89. The van der Waals surface area contributed by atoms with Gasteiger partial charge in [0.25, 0.3) is 0 Å². The first-order valence-corrected chi connectivity index (χ1v) is 6.05. The second kappa shape index (κ2) is 7.56. The predicted molar refractivity (Wildman–Crippen MR) is 71.2 cm³/mol. The zero-order valence-electron chi connectivity index (χ0n) is 11.5. The Morgan fingerprint density at radius 3 is 2.39 bits per heavy atom. The Kier molecular flexibility index (Phi) is 7.21. The predicted octanol–water partition coefficient (Wildman–Crippen LogP) is 2.75. The van der Waals surface area contributed by atoms with Crippen molar-refractivity contribution in [2.75, 3.05) is 7.11 Å². The van der Waals surface area contributed by atoms with Crippen LogP contribution in [-0.2, 0) is 14.3 Å². The van der Waals surface area contributed by atoms with Crippen LogP contribution in [0, 0.1) is 0 Å². The molecule has 0 aliphatic rings. The van der Waals surface area contributed by atoms with E-state index in [1.165, 1.54) is 21.0 Å². The Labute approximate surface area is 113 Å². The number of halogens is 1. The van der Waals surface area contributed by atoms with Crippen LogP contribution >= 0.6 is 11.6 Å². The molecule has 0 aliphatic carbocycles. The van der Waals surface area contributed by atoms with E-state index in [1.54, 1.807) is 19.1 Å². The van der Waals surface area contributed by atoms with Gasteiger partial charge in [-0.1, -0.05) is 23.8 Å². The molecule has 0 aromatic heterocycles. The van der Waals surface area contributed by atoms with Crippen LogP contribution in [0.3, 0.4) is 0 Å². The first-order chi connectivity index (χ1) is 8.21. The Hall–Kier alpha value is -0.840. The molecule has 0 saturated heterocycles. The van der Waals surface area contributed by atoms with Crippen LogP contribution in [0.1, 0.15) is 34.1 Å². The summed E-state index contributed by atoms with van der Waals surface area (Å²) in [4.78, 5) is 11.4. The molecule has 0 aromatic carbocycles. The van der Waals surface area contributed by atoms with E-state index in [0.717, 1.165) is 0 Å². The maximum Gasteiger partial charge on any atom is 0.308 e. The molecule has 5 heteroatoms. The fourth-order valence-corrected chi connectivity index (χ4v) is 1.61. The summed E-state index contributed by atoms with van der Waals surface area (Å²) in [5.41, 5.74) is 0.645. The molecule has 0 aromatic rings. The topological polar surface area (TPSA) is 55.8 Å². The number of ether oxygens (including phenoxy) is 2. The highest BCUT2D eigenvalue weighted by atomic mass is 35.5. The zero-order chi connectivity index (χ0) is 14.3. The minimum Gasteiger partial charge on any atom is -0.469 e. The number of hydrogen-bond donors (Lipinski definition) is 1. The highest BCUT2D eigenvalue weighted by molar-refractivity contribution is 6.29. The minimum atomic E-state index is -1.36. The van der Waals surface area contributed by atoms with Crippen molar-refractivity contribution in [3.63, 3.8) is 0 Å². The van der Waals surface area contributed by atoms with Gasteiger partial charge in [0.05, 0.1) is 19.6 Å². The van der Waals surface area contributed by atoms with Gasteiger partial charge in [-0.2, -0.15) is 0 Å². The summed E-state index contributed by atoms with van der Waals surface area (Å²) in [5, 5.41) is 10.2. The number of aliphatic hydroxyl groups is 1. The summed E-state index contributed by atoms with van der Waals surface area (Å²) >= 11 is 5.99. The van der Waals surface area contributed by atoms with Crippen molar-refractivity contribution in [2.45, 2.75) is 46.0 Å². The maximum absolute atomic E-state index is 11.4. The van der Waals surface area contributed by atoms with Gasteiger partial charge in [0.1, 0.15) is 0 Å². The van der Waals surface area contributed by atoms with Crippen molar-refractivity contribution in [3.05, 3.63) is 22.8 Å². The smallest absolute Gasteiger partial charge is 0.308 e. The average molecular weight is 277 g/mol. The van der Waals surface area contributed by atoms with Gasteiger partial charge in [0.2, 0.25) is 0 Å². The normalized spacial score (nSPS) is 15.5. The van der Waals surface area contributed by atoms with Gasteiger partial charge in [-0.05, 0) is 33.3 Å². The maximum atomic E-state index is 11.4. The van der Waals surface area contributed by atoms with Gasteiger partial charge in [0.15, 0.2) is 5.79 Å². The Balaban J connectivity index is 5.18. The first kappa shape index (κ1) is 17.2. The molecule has 18 heavy (non-hydrogen) atoms. The van der Waals surface area contributed by atoms with Crippen molar-refractivity contribution >= 4 is 17.6 Å². The van der Waals surface area contributed by atoms with Gasteiger partial charge < -0.3 is 14.6 Å². The highest BCUT2D eigenvalue weighted by Gasteiger charge is 2.26. The van der Waals surface area contributed by atoms with E-state index in [1.807, 2.05) is 6.92 Å². The van der Waals surface area contributed by atoms with Gasteiger partial charge >= 0.3 is 5.97 Å². The van der Waals surface area contributed by atoms with Crippen molar-refractivity contribution in [3.8, 4) is 0 Å². The summed E-state index contributed by atoms with van der Waals surface area (Å²) in [6.45, 7) is 6.52. The van der Waals surface area contributed by atoms with E-state index in [9.17, 15) is 9.90 Å². The lowest BCUT2D eigenvalue weighted by molar-refractivity contribution is -0.199. The second-order valence-electron chi connectivity index (χ2n) is 4.32. The summed E-state index contributed by atoms with van der Waals surface area (Å²) in [5.74, 6) is -1.79. The van der Waals surface area contributed by atoms with Crippen molar-refractivity contribution in [2.24, 2.45) is 0 Å². The number of carbonyl (C=O) groups excluding carboxylic acids is 1. The molecule has 0 amide bonds. The lowest BCUT2D eigenvalue weighted by atomic mass is 10.1. The van der Waals surface area contributed by atoms with E-state index in [0.29, 0.717) is 10.6 Å². The minimum absolute atomic E-state index is 0.00970. The standard InChI is InChI=1S/C13H21ClO4/c1-6-7-10(9(2)14)11(8-12(15)17-5)18-13(3,4)16/h6-7,11,16H,8H2,1-5H3. The van der Waals surface area contributed by atoms with Crippen LogP contribution < -0.4 is 0 Å². The Bertz CT molecular complexity index is 335. The van der Waals surface area contributed by atoms with E-state index in [-0.39, 0.29) is 6.42 Å². The molecule has 0 spiro atoms. The largest absolute Gasteiger partial charge is 0.469 e. The van der Waals surface area contributed by atoms with Crippen molar-refractivity contribution in [1.29, 1.82) is 0 Å². The molecule has 0 bridgehead atoms. The molecule has 1 unspecified atom stereocenters. The third kappa shape index (κ3) is 6.79. The molecule has 0 rings (SSSR count). The van der Waals surface area contributed by atoms with E-state index < -0.39 is 17.9 Å². The lowest BCUT2D eigenvalue weighted by Gasteiger charge is -2.27. The molecule has 0 aliphatic heterocycles. The Morgan fingerprint density at radius 1 is 1.50 bits per heavy atom. The van der Waals surface area contributed by atoms with Crippen LogP contribution in [0.4, 0.5) is 0 Å². The third-order valence-corrected chi connectivity index (χ3v) is 2.32. The molecule has 0 radical (unpaired) electrons. The van der Waals surface area contributed by atoms with E-state index in [4.69, 9.17) is 16.3 Å². The van der Waals surface area contributed by atoms with Crippen LogP contribution in [0.2, 0.25) is 0 Å². The zero-order valence-corrected chi connectivity index (χ0v) is 12.2. The molecule has 0 heterocycles. The van der Waals surface area contributed by atoms with Gasteiger partial charge in [-0.25, -0.2) is 0 Å². The van der Waals surface area contributed by atoms with Crippen LogP contribution in [0.5, 0.6) is 0 Å². The molecule has 4 nitrogen and oxygen atoms in total. The summed E-state index contributed by atoms with van der Waals surface area (Å²) in [6, 6.07) is 0. The number of rotatable bonds is 6. The van der Waals surface area contributed by atoms with Gasteiger partial charge in [-0.3, -0.25) is 4.79 Å². The monoisotopic (exact) mass is 276 g/mol. The molecular weight excluding hydrogens is 256 g/mol.